The lowest BCUT2D eigenvalue weighted by Crippen LogP contribution is -2.16. The Balaban J connectivity index is 3.10. The minimum Gasteiger partial charge on any atom is -0.327 e. The Morgan fingerprint density at radius 3 is 2.62 bits per heavy atom. The van der Waals surface area contributed by atoms with Crippen LogP contribution in [0.4, 0.5) is 0 Å². The summed E-state index contributed by atoms with van der Waals surface area (Å²) in [6, 6.07) is 0.367. The van der Waals surface area contributed by atoms with E-state index in [2.05, 4.69) is 13.0 Å². The molecule has 0 radical (unpaired) electrons. The first kappa shape index (κ1) is 7.70. The van der Waals surface area contributed by atoms with Crippen LogP contribution in [0.25, 0.3) is 0 Å². The van der Waals surface area contributed by atoms with Crippen LogP contribution in [0.3, 0.4) is 0 Å². The van der Waals surface area contributed by atoms with E-state index >= 15 is 0 Å². The van der Waals surface area contributed by atoms with E-state index in [1.54, 1.807) is 0 Å². The van der Waals surface area contributed by atoms with Crippen molar-refractivity contribution >= 4 is 0 Å². The molecule has 0 saturated carbocycles. The molecule has 1 heteroatoms. The maximum absolute atomic E-state index is 5.61. The number of hydrogen-bond donors (Lipinski definition) is 1. The van der Waals surface area contributed by atoms with Crippen molar-refractivity contribution in [2.24, 2.45) is 5.73 Å². The van der Waals surface area contributed by atoms with Crippen LogP contribution in [0, 0.1) is 0 Å². The van der Waals surface area contributed by atoms with E-state index < -0.39 is 0 Å². The highest BCUT2D eigenvalue weighted by Gasteiger charge is 1.91. The second-order valence-electron chi connectivity index (χ2n) is 1.97. The van der Waals surface area contributed by atoms with Gasteiger partial charge in [-0.15, -0.1) is 0 Å². The maximum atomic E-state index is 5.61. The summed E-state index contributed by atoms with van der Waals surface area (Å²) in [5, 5.41) is 0. The summed E-state index contributed by atoms with van der Waals surface area (Å²) >= 11 is 0. The van der Waals surface area contributed by atoms with Gasteiger partial charge in [0, 0.05) is 6.04 Å². The van der Waals surface area contributed by atoms with Gasteiger partial charge in [-0.05, 0) is 19.8 Å². The molecule has 0 saturated heterocycles. The summed E-state index contributed by atoms with van der Waals surface area (Å²) < 4.78 is 0. The smallest absolute Gasteiger partial charge is 0.00707 e. The van der Waals surface area contributed by atoms with Gasteiger partial charge in [-0.25, -0.2) is 0 Å². The average molecular weight is 113 g/mol. The van der Waals surface area contributed by atoms with Crippen molar-refractivity contribution in [1.29, 1.82) is 0 Å². The molecule has 0 amide bonds. The third kappa shape index (κ3) is 3.88. The molecule has 0 rings (SSSR count). The van der Waals surface area contributed by atoms with E-state index in [-0.39, 0.29) is 0 Å². The Morgan fingerprint density at radius 1 is 1.62 bits per heavy atom. The SMILES string of the molecule is C/C=C/CC(N)CC. The normalized spacial score (nSPS) is 14.9. The standard InChI is InChI=1S/C7H15N/c1-3-5-6-7(8)4-2/h3,5,7H,4,6,8H2,1-2H3/b5-3+. The zero-order valence-electron chi connectivity index (χ0n) is 5.72. The second kappa shape index (κ2) is 4.85. The van der Waals surface area contributed by atoms with E-state index in [0.29, 0.717) is 6.04 Å². The summed E-state index contributed by atoms with van der Waals surface area (Å²) in [5.74, 6) is 0. The van der Waals surface area contributed by atoms with Crippen molar-refractivity contribution in [2.45, 2.75) is 32.7 Å². The average Bonchev–Trinajstić information content (AvgIpc) is 1.83. The molecular formula is C7H15N. The van der Waals surface area contributed by atoms with Crippen molar-refractivity contribution < 1.29 is 0 Å². The highest BCUT2D eigenvalue weighted by molar-refractivity contribution is 4.81. The van der Waals surface area contributed by atoms with Gasteiger partial charge in [-0.1, -0.05) is 19.1 Å². The van der Waals surface area contributed by atoms with Gasteiger partial charge >= 0.3 is 0 Å². The molecule has 0 aliphatic carbocycles. The maximum Gasteiger partial charge on any atom is 0.00707 e. The molecule has 8 heavy (non-hydrogen) atoms. The molecule has 1 unspecified atom stereocenters. The minimum absolute atomic E-state index is 0.367. The zero-order valence-corrected chi connectivity index (χ0v) is 5.72. The largest absolute Gasteiger partial charge is 0.327 e. The van der Waals surface area contributed by atoms with Crippen LogP contribution in [0.5, 0.6) is 0 Å². The predicted octanol–water partition coefficient (Wildman–Crippen LogP) is 1.69. The molecule has 0 spiro atoms. The van der Waals surface area contributed by atoms with Gasteiger partial charge in [0.25, 0.3) is 0 Å². The lowest BCUT2D eigenvalue weighted by Gasteiger charge is -2.01. The van der Waals surface area contributed by atoms with Crippen LogP contribution in [0.15, 0.2) is 12.2 Å². The number of rotatable bonds is 3. The highest BCUT2D eigenvalue weighted by atomic mass is 14.6. The van der Waals surface area contributed by atoms with E-state index in [4.69, 9.17) is 5.73 Å². The molecule has 1 atom stereocenters. The van der Waals surface area contributed by atoms with Crippen LogP contribution in [0.1, 0.15) is 26.7 Å². The summed E-state index contributed by atoms with van der Waals surface area (Å²) in [5.41, 5.74) is 5.61. The molecule has 0 heterocycles. The fraction of sp³-hybridized carbons (Fsp3) is 0.714. The number of hydrogen-bond acceptors (Lipinski definition) is 1. The third-order valence-electron chi connectivity index (χ3n) is 1.20. The van der Waals surface area contributed by atoms with Crippen LogP contribution < -0.4 is 5.73 Å². The van der Waals surface area contributed by atoms with Gasteiger partial charge in [0.15, 0.2) is 0 Å². The molecule has 0 aromatic carbocycles. The molecule has 2 N–H and O–H groups in total. The van der Waals surface area contributed by atoms with E-state index in [1.807, 2.05) is 13.0 Å². The quantitative estimate of drug-likeness (QED) is 0.554. The monoisotopic (exact) mass is 113 g/mol. The van der Waals surface area contributed by atoms with Gasteiger partial charge in [0.1, 0.15) is 0 Å². The number of nitrogens with two attached hydrogens (primary N) is 1. The molecule has 0 aliphatic heterocycles. The van der Waals surface area contributed by atoms with Crippen molar-refractivity contribution in [3.63, 3.8) is 0 Å². The second-order valence-corrected chi connectivity index (χ2v) is 1.97. The Labute approximate surface area is 51.6 Å². The van der Waals surface area contributed by atoms with Gasteiger partial charge in [0.05, 0.1) is 0 Å². The van der Waals surface area contributed by atoms with Gasteiger partial charge < -0.3 is 5.73 Å². The van der Waals surface area contributed by atoms with Crippen molar-refractivity contribution in [3.05, 3.63) is 12.2 Å². The first-order valence-electron chi connectivity index (χ1n) is 3.18. The predicted molar refractivity (Wildman–Crippen MR) is 37.7 cm³/mol. The van der Waals surface area contributed by atoms with Crippen LogP contribution >= 0.6 is 0 Å². The Morgan fingerprint density at radius 2 is 2.25 bits per heavy atom. The molecular weight excluding hydrogens is 98.1 g/mol. The molecule has 48 valence electrons. The van der Waals surface area contributed by atoms with Gasteiger partial charge in [-0.2, -0.15) is 0 Å². The highest BCUT2D eigenvalue weighted by Crippen LogP contribution is 1.93. The Hall–Kier alpha value is -0.300. The van der Waals surface area contributed by atoms with Gasteiger partial charge in [-0.3, -0.25) is 0 Å². The molecule has 0 aromatic heterocycles. The molecule has 1 nitrogen and oxygen atoms in total. The topological polar surface area (TPSA) is 26.0 Å². The van der Waals surface area contributed by atoms with Gasteiger partial charge in [0.2, 0.25) is 0 Å². The zero-order chi connectivity index (χ0) is 6.41. The molecule has 0 fully saturated rings. The van der Waals surface area contributed by atoms with Crippen LogP contribution in [-0.4, -0.2) is 6.04 Å². The first-order chi connectivity index (χ1) is 3.81. The van der Waals surface area contributed by atoms with E-state index in [9.17, 15) is 0 Å². The molecule has 0 aromatic rings. The Bertz CT molecular complexity index is 66.8. The van der Waals surface area contributed by atoms with Crippen molar-refractivity contribution in [3.8, 4) is 0 Å². The number of allylic oxidation sites excluding steroid dienone is 1. The fourth-order valence-corrected chi connectivity index (χ4v) is 0.478. The first-order valence-corrected chi connectivity index (χ1v) is 3.18. The minimum atomic E-state index is 0.367. The van der Waals surface area contributed by atoms with E-state index in [0.717, 1.165) is 12.8 Å². The van der Waals surface area contributed by atoms with E-state index in [1.165, 1.54) is 0 Å². The summed E-state index contributed by atoms with van der Waals surface area (Å²) in [6.07, 6.45) is 6.24. The van der Waals surface area contributed by atoms with Crippen molar-refractivity contribution in [1.82, 2.24) is 0 Å². The lowest BCUT2D eigenvalue weighted by atomic mass is 10.2. The molecule has 0 aliphatic rings. The third-order valence-corrected chi connectivity index (χ3v) is 1.20. The Kier molecular flexibility index (Phi) is 4.67. The molecule has 0 bridgehead atoms. The summed E-state index contributed by atoms with van der Waals surface area (Å²) in [4.78, 5) is 0. The lowest BCUT2D eigenvalue weighted by molar-refractivity contribution is 0.659. The van der Waals surface area contributed by atoms with Crippen LogP contribution in [0.2, 0.25) is 0 Å². The van der Waals surface area contributed by atoms with Crippen LogP contribution in [-0.2, 0) is 0 Å². The summed E-state index contributed by atoms with van der Waals surface area (Å²) in [7, 11) is 0. The van der Waals surface area contributed by atoms with Crippen molar-refractivity contribution in [2.75, 3.05) is 0 Å². The fourth-order valence-electron chi connectivity index (χ4n) is 0.478. The summed E-state index contributed by atoms with van der Waals surface area (Å²) in [6.45, 7) is 4.12.